The second kappa shape index (κ2) is 6.28. The van der Waals surface area contributed by atoms with Crippen LogP contribution in [0.15, 0.2) is 27.8 Å². The van der Waals surface area contributed by atoms with Crippen molar-refractivity contribution in [1.29, 1.82) is 0 Å². The zero-order valence-corrected chi connectivity index (χ0v) is 13.3. The first-order chi connectivity index (χ1) is 11.8. The molecule has 0 aromatic carbocycles. The van der Waals surface area contributed by atoms with Crippen molar-refractivity contribution in [3.63, 3.8) is 0 Å². The van der Waals surface area contributed by atoms with Gasteiger partial charge in [-0.2, -0.15) is 18.2 Å². The molecule has 3 heterocycles. The minimum Gasteiger partial charge on any atom is -0.329 e. The van der Waals surface area contributed by atoms with Gasteiger partial charge in [0, 0.05) is 23.7 Å². The Hall–Kier alpha value is -2.75. The molecule has 0 aliphatic carbocycles. The van der Waals surface area contributed by atoms with Crippen LogP contribution in [0.4, 0.5) is 13.2 Å². The minimum absolute atomic E-state index is 0.0131. The second-order valence-electron chi connectivity index (χ2n) is 5.02. The molecule has 0 amide bonds. The molecule has 130 valence electrons. The van der Waals surface area contributed by atoms with E-state index in [2.05, 4.69) is 29.6 Å². The summed E-state index contributed by atoms with van der Waals surface area (Å²) in [5.41, 5.74) is 0.644. The molecule has 0 aliphatic heterocycles. The molecule has 3 aromatic heterocycles. The summed E-state index contributed by atoms with van der Waals surface area (Å²) in [4.78, 5) is 26.1. The van der Waals surface area contributed by atoms with Crippen molar-refractivity contribution in [2.24, 2.45) is 0 Å². The summed E-state index contributed by atoms with van der Waals surface area (Å²) in [5, 5.41) is 3.45. The van der Waals surface area contributed by atoms with Gasteiger partial charge in [-0.15, -0.1) is 0 Å². The maximum atomic E-state index is 12.6. The maximum Gasteiger partial charge on any atom is 0.471 e. The van der Waals surface area contributed by atoms with E-state index in [4.69, 9.17) is 11.6 Å². The van der Waals surface area contributed by atoms with E-state index in [1.165, 1.54) is 18.5 Å². The summed E-state index contributed by atoms with van der Waals surface area (Å²) in [6.07, 6.45) is -2.16. The number of aromatic nitrogens is 5. The van der Waals surface area contributed by atoms with Crippen molar-refractivity contribution in [2.45, 2.75) is 19.5 Å². The SMILES string of the molecule is Cc1ncc(Cl)nc1Cc1c(-c2noc(C(F)(F)F)n2)cc[nH]c1=O. The normalized spacial score (nSPS) is 11.7. The molecule has 0 atom stereocenters. The number of nitrogens with one attached hydrogen (secondary N) is 1. The van der Waals surface area contributed by atoms with Crippen LogP contribution < -0.4 is 5.56 Å². The smallest absolute Gasteiger partial charge is 0.329 e. The molecule has 25 heavy (non-hydrogen) atoms. The fourth-order valence-electron chi connectivity index (χ4n) is 2.14. The standard InChI is InChI=1S/C14H9ClF3N5O2/c1-6-9(21-10(15)5-20-6)4-8-7(2-3-19-12(8)24)11-22-13(25-23-11)14(16,17)18/h2-3,5H,4H2,1H3,(H,19,24). The number of rotatable bonds is 3. The lowest BCUT2D eigenvalue weighted by Gasteiger charge is -2.07. The van der Waals surface area contributed by atoms with Gasteiger partial charge in [-0.3, -0.25) is 9.78 Å². The first kappa shape index (κ1) is 17.1. The third kappa shape index (κ3) is 3.53. The molecule has 0 saturated carbocycles. The summed E-state index contributed by atoms with van der Waals surface area (Å²) >= 11 is 5.81. The molecular formula is C14H9ClF3N5O2. The number of alkyl halides is 3. The summed E-state index contributed by atoms with van der Waals surface area (Å²) in [5.74, 6) is -1.84. The number of hydrogen-bond donors (Lipinski definition) is 1. The molecule has 0 fully saturated rings. The molecule has 0 bridgehead atoms. The number of halogens is 4. The van der Waals surface area contributed by atoms with E-state index in [1.54, 1.807) is 6.92 Å². The van der Waals surface area contributed by atoms with Crippen LogP contribution in [0.5, 0.6) is 0 Å². The minimum atomic E-state index is -4.78. The molecule has 0 aliphatic rings. The van der Waals surface area contributed by atoms with E-state index < -0.39 is 17.6 Å². The molecular weight excluding hydrogens is 363 g/mol. The summed E-state index contributed by atoms with van der Waals surface area (Å²) in [6, 6.07) is 1.38. The van der Waals surface area contributed by atoms with Crippen molar-refractivity contribution < 1.29 is 17.7 Å². The second-order valence-corrected chi connectivity index (χ2v) is 5.41. The Kier molecular flexibility index (Phi) is 4.29. The maximum absolute atomic E-state index is 12.6. The van der Waals surface area contributed by atoms with Crippen LogP contribution in [0, 0.1) is 6.92 Å². The van der Waals surface area contributed by atoms with Crippen LogP contribution in [0.2, 0.25) is 5.15 Å². The first-order valence-corrected chi connectivity index (χ1v) is 7.23. The lowest BCUT2D eigenvalue weighted by molar-refractivity contribution is -0.159. The Morgan fingerprint density at radius 1 is 1.32 bits per heavy atom. The van der Waals surface area contributed by atoms with Crippen LogP contribution in [0.3, 0.4) is 0 Å². The van der Waals surface area contributed by atoms with E-state index >= 15 is 0 Å². The molecule has 11 heteroatoms. The van der Waals surface area contributed by atoms with Crippen molar-refractivity contribution in [3.05, 3.63) is 56.8 Å². The highest BCUT2D eigenvalue weighted by atomic mass is 35.5. The molecule has 0 spiro atoms. The predicted octanol–water partition coefficient (Wildman–Crippen LogP) is 2.79. The number of nitrogens with zero attached hydrogens (tertiary/aromatic N) is 4. The Bertz CT molecular complexity index is 983. The van der Waals surface area contributed by atoms with Crippen LogP contribution >= 0.6 is 11.6 Å². The van der Waals surface area contributed by atoms with Crippen molar-refractivity contribution in [1.82, 2.24) is 25.1 Å². The van der Waals surface area contributed by atoms with E-state index in [-0.39, 0.29) is 28.5 Å². The van der Waals surface area contributed by atoms with E-state index in [0.29, 0.717) is 11.4 Å². The van der Waals surface area contributed by atoms with Gasteiger partial charge in [0.2, 0.25) is 5.82 Å². The quantitative estimate of drug-likeness (QED) is 0.760. The highest BCUT2D eigenvalue weighted by molar-refractivity contribution is 6.29. The Balaban J connectivity index is 2.08. The van der Waals surface area contributed by atoms with Gasteiger partial charge in [0.1, 0.15) is 5.15 Å². The molecule has 0 saturated heterocycles. The van der Waals surface area contributed by atoms with E-state index in [0.717, 1.165) is 0 Å². The average molecular weight is 372 g/mol. The fourth-order valence-corrected chi connectivity index (χ4v) is 2.29. The average Bonchev–Trinajstić information content (AvgIpc) is 3.03. The number of aryl methyl sites for hydroxylation is 1. The zero-order valence-electron chi connectivity index (χ0n) is 12.6. The summed E-state index contributed by atoms with van der Waals surface area (Å²) in [7, 11) is 0. The van der Waals surface area contributed by atoms with Gasteiger partial charge in [0.15, 0.2) is 0 Å². The first-order valence-electron chi connectivity index (χ1n) is 6.85. The van der Waals surface area contributed by atoms with Crippen LogP contribution in [0.25, 0.3) is 11.4 Å². The highest BCUT2D eigenvalue weighted by Crippen LogP contribution is 2.30. The molecule has 3 rings (SSSR count). The topological polar surface area (TPSA) is 97.6 Å². The number of hydrogen-bond acceptors (Lipinski definition) is 6. The number of pyridine rings is 1. The zero-order chi connectivity index (χ0) is 18.2. The van der Waals surface area contributed by atoms with E-state index in [1.807, 2.05) is 0 Å². The van der Waals surface area contributed by atoms with Gasteiger partial charge in [0.05, 0.1) is 17.6 Å². The van der Waals surface area contributed by atoms with Gasteiger partial charge in [-0.1, -0.05) is 16.8 Å². The van der Waals surface area contributed by atoms with Crippen molar-refractivity contribution >= 4 is 11.6 Å². The molecule has 1 N–H and O–H groups in total. The van der Waals surface area contributed by atoms with Gasteiger partial charge in [0.25, 0.3) is 5.56 Å². The Morgan fingerprint density at radius 3 is 2.76 bits per heavy atom. The molecule has 0 radical (unpaired) electrons. The molecule has 0 unspecified atom stereocenters. The van der Waals surface area contributed by atoms with Crippen molar-refractivity contribution in [3.8, 4) is 11.4 Å². The predicted molar refractivity (Wildman–Crippen MR) is 79.9 cm³/mol. The van der Waals surface area contributed by atoms with Gasteiger partial charge in [-0.25, -0.2) is 4.98 Å². The van der Waals surface area contributed by atoms with Crippen LogP contribution in [-0.4, -0.2) is 25.1 Å². The van der Waals surface area contributed by atoms with Crippen molar-refractivity contribution in [2.75, 3.05) is 0 Å². The van der Waals surface area contributed by atoms with Crippen LogP contribution in [0.1, 0.15) is 22.8 Å². The molecule has 3 aromatic rings. The van der Waals surface area contributed by atoms with Gasteiger partial charge >= 0.3 is 12.1 Å². The third-order valence-electron chi connectivity index (χ3n) is 3.34. The molecule has 7 nitrogen and oxygen atoms in total. The lowest BCUT2D eigenvalue weighted by Crippen LogP contribution is -2.15. The highest BCUT2D eigenvalue weighted by Gasteiger charge is 2.38. The number of aromatic amines is 1. The van der Waals surface area contributed by atoms with Gasteiger partial charge in [-0.05, 0) is 13.0 Å². The number of H-pyrrole nitrogens is 1. The summed E-state index contributed by atoms with van der Waals surface area (Å²) in [6.45, 7) is 1.67. The van der Waals surface area contributed by atoms with E-state index in [9.17, 15) is 18.0 Å². The Labute approximate surface area is 142 Å². The fraction of sp³-hybridized carbons (Fsp3) is 0.214. The lowest BCUT2D eigenvalue weighted by atomic mass is 10.0. The largest absolute Gasteiger partial charge is 0.471 e. The Morgan fingerprint density at radius 2 is 2.08 bits per heavy atom. The summed E-state index contributed by atoms with van der Waals surface area (Å²) < 4.78 is 42.2. The monoisotopic (exact) mass is 371 g/mol. The van der Waals surface area contributed by atoms with Crippen LogP contribution in [-0.2, 0) is 12.6 Å². The van der Waals surface area contributed by atoms with Gasteiger partial charge < -0.3 is 9.51 Å². The third-order valence-corrected chi connectivity index (χ3v) is 3.52.